The Morgan fingerprint density at radius 3 is 1.92 bits per heavy atom. The molecule has 0 radical (unpaired) electrons. The Morgan fingerprint density at radius 1 is 1.00 bits per heavy atom. The summed E-state index contributed by atoms with van der Waals surface area (Å²) in [5, 5.41) is 15.8. The fourth-order valence-corrected chi connectivity index (χ4v) is 2.11. The standard InChI is InChI=1S/C14H7F3O2.C3H6O4/c15-14(16,17)19-9-6-4-8(5-7-9)13(18)12-10-2-1-3-11(10)12;1-7-3(6)2(4)5/h1-7H;2,4-5H,1H3. The van der Waals surface area contributed by atoms with Gasteiger partial charge in [0.1, 0.15) is 5.75 Å². The Balaban J connectivity index is 0.000000298. The molecule has 0 aromatic heterocycles. The quantitative estimate of drug-likeness (QED) is 0.416. The molecule has 2 aliphatic rings. The van der Waals surface area contributed by atoms with Gasteiger partial charge in [0, 0.05) is 11.1 Å². The van der Waals surface area contributed by atoms with Crippen molar-refractivity contribution in [3.05, 3.63) is 53.6 Å². The molecule has 9 heteroatoms. The summed E-state index contributed by atoms with van der Waals surface area (Å²) in [6.45, 7) is 0. The van der Waals surface area contributed by atoms with E-state index in [9.17, 15) is 22.8 Å². The third-order valence-electron chi connectivity index (χ3n) is 3.28. The number of esters is 1. The van der Waals surface area contributed by atoms with E-state index < -0.39 is 18.6 Å². The maximum atomic E-state index is 12.0. The Labute approximate surface area is 145 Å². The molecule has 0 amide bonds. The van der Waals surface area contributed by atoms with E-state index in [1.54, 1.807) is 0 Å². The van der Waals surface area contributed by atoms with E-state index in [1.807, 2.05) is 18.2 Å². The lowest BCUT2D eigenvalue weighted by molar-refractivity contribution is -0.274. The number of aliphatic hydroxyl groups excluding tert-OH is 1. The van der Waals surface area contributed by atoms with Crippen molar-refractivity contribution < 1.29 is 42.4 Å². The molecule has 0 aliphatic heterocycles. The summed E-state index contributed by atoms with van der Waals surface area (Å²) < 4.78 is 43.6. The first-order chi connectivity index (χ1) is 12.1. The Bertz CT molecular complexity index is 792. The SMILES string of the molecule is COC(=O)C(O)O.O=C(c1ccc(OC(F)(F)F)cc1)c1c2cccc1-2. The minimum atomic E-state index is -4.72. The number of ether oxygens (including phenoxy) is 2. The van der Waals surface area contributed by atoms with Gasteiger partial charge in [-0.05, 0) is 35.4 Å². The largest absolute Gasteiger partial charge is 0.573 e. The van der Waals surface area contributed by atoms with Crippen LogP contribution >= 0.6 is 0 Å². The van der Waals surface area contributed by atoms with Gasteiger partial charge in [0.2, 0.25) is 0 Å². The maximum Gasteiger partial charge on any atom is 0.573 e. The molecule has 2 aliphatic carbocycles. The minimum Gasteiger partial charge on any atom is -0.465 e. The van der Waals surface area contributed by atoms with Crippen LogP contribution in [0.5, 0.6) is 5.75 Å². The van der Waals surface area contributed by atoms with E-state index in [2.05, 4.69) is 9.47 Å². The van der Waals surface area contributed by atoms with Crippen molar-refractivity contribution in [2.75, 3.05) is 7.11 Å². The third kappa shape index (κ3) is 4.80. The molecule has 0 heterocycles. The number of hydrogen-bond acceptors (Lipinski definition) is 6. The van der Waals surface area contributed by atoms with Crippen LogP contribution in [0.1, 0.15) is 15.9 Å². The van der Waals surface area contributed by atoms with Crippen LogP contribution in [0.2, 0.25) is 0 Å². The van der Waals surface area contributed by atoms with Crippen molar-refractivity contribution >= 4 is 11.8 Å². The molecular formula is C17H13F3O6. The summed E-state index contributed by atoms with van der Waals surface area (Å²) in [5.41, 5.74) is 2.83. The van der Waals surface area contributed by atoms with Crippen molar-refractivity contribution in [1.82, 2.24) is 0 Å². The lowest BCUT2D eigenvalue weighted by Gasteiger charge is -2.08. The Kier molecular flexibility index (Phi) is 5.63. The van der Waals surface area contributed by atoms with Crippen LogP contribution in [0.25, 0.3) is 11.1 Å². The van der Waals surface area contributed by atoms with Crippen molar-refractivity contribution in [2.45, 2.75) is 12.7 Å². The van der Waals surface area contributed by atoms with E-state index in [4.69, 9.17) is 10.2 Å². The molecule has 0 bridgehead atoms. The number of methoxy groups -OCH3 is 1. The number of rotatable bonds is 4. The second kappa shape index (κ2) is 7.54. The predicted octanol–water partition coefficient (Wildman–Crippen LogP) is 2.27. The smallest absolute Gasteiger partial charge is 0.465 e. The first-order valence-electron chi connectivity index (χ1n) is 7.12. The highest BCUT2D eigenvalue weighted by molar-refractivity contribution is 6.24. The lowest BCUT2D eigenvalue weighted by Crippen LogP contribution is -2.20. The van der Waals surface area contributed by atoms with Gasteiger partial charge < -0.3 is 19.7 Å². The number of hydrogen-bond donors (Lipinski definition) is 2. The number of fused-ring (bicyclic) bond motifs is 1. The zero-order valence-corrected chi connectivity index (χ0v) is 13.3. The van der Waals surface area contributed by atoms with E-state index in [1.165, 1.54) is 12.1 Å². The van der Waals surface area contributed by atoms with Crippen molar-refractivity contribution in [2.24, 2.45) is 0 Å². The Hall–Kier alpha value is -2.91. The molecule has 26 heavy (non-hydrogen) atoms. The molecule has 0 atom stereocenters. The molecule has 3 rings (SSSR count). The topological polar surface area (TPSA) is 93.1 Å². The van der Waals surface area contributed by atoms with E-state index >= 15 is 0 Å². The molecule has 138 valence electrons. The summed E-state index contributed by atoms with van der Waals surface area (Å²) >= 11 is 0. The predicted molar refractivity (Wildman–Crippen MR) is 82.2 cm³/mol. The van der Waals surface area contributed by atoms with E-state index in [-0.39, 0.29) is 11.5 Å². The number of aliphatic hydroxyl groups is 2. The second-order valence-corrected chi connectivity index (χ2v) is 5.03. The summed E-state index contributed by atoms with van der Waals surface area (Å²) in [6, 6.07) is 10.4. The lowest BCUT2D eigenvalue weighted by atomic mass is 10.1. The molecule has 0 saturated carbocycles. The zero-order valence-electron chi connectivity index (χ0n) is 13.3. The number of alkyl halides is 3. The highest BCUT2D eigenvalue weighted by Gasteiger charge is 2.32. The number of carbonyl (C=O) groups is 2. The van der Waals surface area contributed by atoms with Gasteiger partial charge in [0.25, 0.3) is 6.29 Å². The van der Waals surface area contributed by atoms with Crippen LogP contribution in [0.3, 0.4) is 0 Å². The Morgan fingerprint density at radius 2 is 1.54 bits per heavy atom. The number of carbonyl (C=O) groups excluding carboxylic acids is 2. The first-order valence-corrected chi connectivity index (χ1v) is 7.12. The number of ketones is 1. The molecule has 0 spiro atoms. The summed E-state index contributed by atoms with van der Waals surface area (Å²) in [7, 11) is 1.07. The molecular weight excluding hydrogens is 357 g/mol. The molecule has 0 unspecified atom stereocenters. The third-order valence-corrected chi connectivity index (χ3v) is 3.28. The molecule has 0 fully saturated rings. The molecule has 6 nitrogen and oxygen atoms in total. The van der Waals surface area contributed by atoms with Gasteiger partial charge in [-0.15, -0.1) is 13.2 Å². The van der Waals surface area contributed by atoms with Crippen molar-refractivity contribution in [3.63, 3.8) is 0 Å². The highest BCUT2D eigenvalue weighted by atomic mass is 19.4. The average Bonchev–Trinajstić information content (AvgIpc) is 3.05. The summed E-state index contributed by atoms with van der Waals surface area (Å²) in [5.74, 6) is -1.55. The van der Waals surface area contributed by atoms with Crippen molar-refractivity contribution in [3.8, 4) is 16.9 Å². The second-order valence-electron chi connectivity index (χ2n) is 5.03. The van der Waals surface area contributed by atoms with Crippen LogP contribution in [0, 0.1) is 0 Å². The van der Waals surface area contributed by atoms with Gasteiger partial charge in [0.05, 0.1) is 7.11 Å². The molecule has 1 aromatic rings. The van der Waals surface area contributed by atoms with Gasteiger partial charge in [-0.2, -0.15) is 0 Å². The number of halogens is 3. The van der Waals surface area contributed by atoms with E-state index in [0.29, 0.717) is 11.1 Å². The highest BCUT2D eigenvalue weighted by Crippen LogP contribution is 2.44. The maximum absolute atomic E-state index is 12.0. The van der Waals surface area contributed by atoms with Crippen LogP contribution < -0.4 is 4.74 Å². The summed E-state index contributed by atoms with van der Waals surface area (Å²) in [4.78, 5) is 21.8. The summed E-state index contributed by atoms with van der Waals surface area (Å²) in [6.07, 6.45) is -6.72. The van der Waals surface area contributed by atoms with Gasteiger partial charge >= 0.3 is 12.3 Å². The fourth-order valence-electron chi connectivity index (χ4n) is 2.11. The van der Waals surface area contributed by atoms with Gasteiger partial charge in [0.15, 0.2) is 5.78 Å². The van der Waals surface area contributed by atoms with E-state index in [0.717, 1.165) is 30.4 Å². The molecule has 2 N–H and O–H groups in total. The van der Waals surface area contributed by atoms with Gasteiger partial charge in [-0.3, -0.25) is 4.79 Å². The first kappa shape index (κ1) is 19.4. The minimum absolute atomic E-state index is 0.177. The fraction of sp³-hybridized carbons (Fsp3) is 0.176. The normalized spacial score (nSPS) is 11.3. The average molecular weight is 370 g/mol. The zero-order chi connectivity index (χ0) is 19.5. The molecule has 0 saturated heterocycles. The van der Waals surface area contributed by atoms with Crippen LogP contribution in [0.4, 0.5) is 13.2 Å². The van der Waals surface area contributed by atoms with Gasteiger partial charge in [-0.1, -0.05) is 18.2 Å². The monoisotopic (exact) mass is 370 g/mol. The van der Waals surface area contributed by atoms with Crippen molar-refractivity contribution in [1.29, 1.82) is 0 Å². The van der Waals surface area contributed by atoms with Gasteiger partial charge in [-0.25, -0.2) is 4.79 Å². The molecule has 1 aromatic carbocycles. The number of benzene rings is 2. The van der Waals surface area contributed by atoms with Crippen LogP contribution in [-0.4, -0.2) is 41.7 Å². The van der Waals surface area contributed by atoms with Crippen LogP contribution in [0.15, 0.2) is 42.5 Å². The van der Waals surface area contributed by atoms with Crippen LogP contribution in [-0.2, 0) is 9.53 Å².